The number of hydrogen-bond donors (Lipinski definition) is 0. The molecule has 0 amide bonds. The zero-order chi connectivity index (χ0) is 33.0. The quantitative estimate of drug-likeness (QED) is 0.0851. The monoisotopic (exact) mass is 632 g/mol. The van der Waals surface area contributed by atoms with Crippen LogP contribution in [-0.2, 0) is 13.9 Å². The van der Waals surface area contributed by atoms with Crippen LogP contribution in [0.1, 0.15) is 61.8 Å². The van der Waals surface area contributed by atoms with Crippen molar-refractivity contribution in [2.24, 2.45) is 0 Å². The van der Waals surface area contributed by atoms with E-state index in [1.165, 1.54) is 0 Å². The lowest BCUT2D eigenvalue weighted by atomic mass is 10.1. The third-order valence-corrected chi connectivity index (χ3v) is 13.0. The number of rotatable bonds is 13. The number of carbonyl (C=O) groups excluding carboxylic acids is 2. The zero-order valence-electron chi connectivity index (χ0n) is 27.4. The van der Waals surface area contributed by atoms with Crippen LogP contribution in [0.25, 0.3) is 0 Å². The molecular weight excluding hydrogens is 589 g/mol. The van der Waals surface area contributed by atoms with Gasteiger partial charge in [0.25, 0.3) is 8.32 Å². The molecule has 4 aromatic carbocycles. The van der Waals surface area contributed by atoms with E-state index in [4.69, 9.17) is 13.9 Å². The van der Waals surface area contributed by atoms with Gasteiger partial charge in [0.1, 0.15) is 12.2 Å². The van der Waals surface area contributed by atoms with Gasteiger partial charge in [0.2, 0.25) is 0 Å². The average molecular weight is 633 g/mol. The highest BCUT2D eigenvalue weighted by atomic mass is 28.4. The first kappa shape index (κ1) is 34.4. The van der Waals surface area contributed by atoms with Crippen molar-refractivity contribution in [3.05, 3.63) is 156 Å². The molecule has 0 saturated heterocycles. The largest absolute Gasteiger partial charge is 0.455 e. The van der Waals surface area contributed by atoms with E-state index >= 15 is 0 Å². The molecule has 0 aliphatic carbocycles. The summed E-state index contributed by atoms with van der Waals surface area (Å²) in [5.74, 6) is -0.789. The third-order valence-electron chi connectivity index (χ3n) is 7.99. The molecule has 0 bridgehead atoms. The maximum absolute atomic E-state index is 13.3. The first-order chi connectivity index (χ1) is 22.2. The summed E-state index contributed by atoms with van der Waals surface area (Å²) < 4.78 is 19.0. The summed E-state index contributed by atoms with van der Waals surface area (Å²) in [6, 6.07) is 38.7. The smallest absolute Gasteiger partial charge is 0.338 e. The molecule has 6 heteroatoms. The van der Waals surface area contributed by atoms with Gasteiger partial charge in [-0.3, -0.25) is 0 Å². The van der Waals surface area contributed by atoms with E-state index < -0.39 is 26.5 Å². The van der Waals surface area contributed by atoms with Crippen LogP contribution in [-0.4, -0.2) is 39.1 Å². The molecule has 0 radical (unpaired) electrons. The molecule has 0 heterocycles. The lowest BCUT2D eigenvalue weighted by Gasteiger charge is -2.43. The van der Waals surface area contributed by atoms with Crippen LogP contribution in [0, 0.1) is 0 Å². The van der Waals surface area contributed by atoms with E-state index in [1.54, 1.807) is 24.3 Å². The minimum Gasteiger partial charge on any atom is -0.455 e. The van der Waals surface area contributed by atoms with Gasteiger partial charge in [0, 0.05) is 0 Å². The number of ether oxygens (including phenoxy) is 2. The minimum atomic E-state index is -2.89. The Morgan fingerprint density at radius 3 is 1.57 bits per heavy atom. The van der Waals surface area contributed by atoms with Gasteiger partial charge in [0.05, 0.1) is 17.7 Å². The second kappa shape index (κ2) is 16.2. The Morgan fingerprint density at radius 1 is 0.696 bits per heavy atom. The molecule has 46 heavy (non-hydrogen) atoms. The van der Waals surface area contributed by atoms with Crippen LogP contribution in [0.4, 0.5) is 0 Å². The fraction of sp³-hybridized carbons (Fsp3) is 0.250. The van der Waals surface area contributed by atoms with E-state index in [-0.39, 0.29) is 17.6 Å². The van der Waals surface area contributed by atoms with E-state index in [0.717, 1.165) is 15.9 Å². The number of hydrogen-bond acceptors (Lipinski definition) is 5. The van der Waals surface area contributed by atoms with Crippen LogP contribution in [0.2, 0.25) is 5.04 Å². The molecule has 0 fully saturated rings. The molecule has 4 rings (SSSR count). The van der Waals surface area contributed by atoms with Gasteiger partial charge >= 0.3 is 11.9 Å². The summed E-state index contributed by atoms with van der Waals surface area (Å²) in [5, 5.41) is 2.06. The highest BCUT2D eigenvalue weighted by Crippen LogP contribution is 2.37. The summed E-state index contributed by atoms with van der Waals surface area (Å²) in [6.07, 6.45) is 5.15. The molecule has 0 aliphatic rings. The fourth-order valence-corrected chi connectivity index (χ4v) is 10.0. The van der Waals surface area contributed by atoms with Crippen molar-refractivity contribution in [2.45, 2.75) is 58.3 Å². The maximum Gasteiger partial charge on any atom is 0.338 e. The molecule has 0 aromatic heterocycles. The Bertz CT molecular complexity index is 1550. The third kappa shape index (κ3) is 8.59. The summed E-state index contributed by atoms with van der Waals surface area (Å²) in [4.78, 5) is 26.0. The van der Waals surface area contributed by atoms with Gasteiger partial charge in [-0.05, 0) is 64.7 Å². The Morgan fingerprint density at radius 2 is 1.13 bits per heavy atom. The highest BCUT2D eigenvalue weighted by Gasteiger charge is 2.50. The Kier molecular flexibility index (Phi) is 12.1. The van der Waals surface area contributed by atoms with Gasteiger partial charge in [-0.1, -0.05) is 137 Å². The van der Waals surface area contributed by atoms with E-state index in [2.05, 4.69) is 45.0 Å². The predicted molar refractivity (Wildman–Crippen MR) is 188 cm³/mol. The van der Waals surface area contributed by atoms with Crippen LogP contribution < -0.4 is 10.4 Å². The minimum absolute atomic E-state index is 0.169. The van der Waals surface area contributed by atoms with Crippen molar-refractivity contribution in [3.8, 4) is 0 Å². The highest BCUT2D eigenvalue weighted by molar-refractivity contribution is 6.99. The van der Waals surface area contributed by atoms with Crippen molar-refractivity contribution >= 4 is 30.6 Å². The SMILES string of the molecule is CCC(/C=C\C=C(\C)C(CO[Si](c1ccccc1)(c1ccccc1)C(C)(C)C)OC(=O)c1ccccc1)OC(=O)c1ccccc1. The van der Waals surface area contributed by atoms with E-state index in [1.807, 2.05) is 105 Å². The molecule has 4 aromatic rings. The molecule has 2 unspecified atom stereocenters. The summed E-state index contributed by atoms with van der Waals surface area (Å²) in [5.41, 5.74) is 1.79. The number of esters is 2. The lowest BCUT2D eigenvalue weighted by Crippen LogP contribution is -2.67. The standard InChI is InChI=1S/C40H44O5Si/c1-6-34(44-38(41)32-21-11-7-12-22-32)25-19-20-31(2)37(45-39(42)33-23-13-8-14-24-33)30-43-46(40(3,4)5,35-26-15-9-16-27-35)36-28-17-10-18-29-36/h7-29,34,37H,6,30H2,1-5H3/b25-19-,31-20-. The van der Waals surface area contributed by atoms with Gasteiger partial charge in [-0.15, -0.1) is 0 Å². The van der Waals surface area contributed by atoms with Crippen molar-refractivity contribution in [1.29, 1.82) is 0 Å². The summed E-state index contributed by atoms with van der Waals surface area (Å²) in [7, 11) is -2.89. The molecule has 0 spiro atoms. The zero-order valence-corrected chi connectivity index (χ0v) is 28.4. The second-order valence-electron chi connectivity index (χ2n) is 12.2. The first-order valence-corrected chi connectivity index (χ1v) is 17.7. The van der Waals surface area contributed by atoms with Crippen molar-refractivity contribution in [2.75, 3.05) is 6.61 Å². The molecular formula is C40H44O5Si. The Labute approximate surface area is 274 Å². The second-order valence-corrected chi connectivity index (χ2v) is 16.6. The van der Waals surface area contributed by atoms with E-state index in [9.17, 15) is 9.59 Å². The fourth-order valence-electron chi connectivity index (χ4n) is 5.47. The first-order valence-electron chi connectivity index (χ1n) is 15.8. The number of benzene rings is 4. The molecule has 0 saturated carbocycles. The number of allylic oxidation sites excluding steroid dienone is 2. The number of carbonyl (C=O) groups is 2. The lowest BCUT2D eigenvalue weighted by molar-refractivity contribution is 0.0260. The van der Waals surface area contributed by atoms with Gasteiger partial charge in [-0.2, -0.15) is 0 Å². The topological polar surface area (TPSA) is 61.8 Å². The van der Waals surface area contributed by atoms with Crippen molar-refractivity contribution in [3.63, 3.8) is 0 Å². The molecule has 0 N–H and O–H groups in total. The van der Waals surface area contributed by atoms with Crippen molar-refractivity contribution in [1.82, 2.24) is 0 Å². The van der Waals surface area contributed by atoms with E-state index in [0.29, 0.717) is 17.5 Å². The van der Waals surface area contributed by atoms with Crippen LogP contribution in [0.3, 0.4) is 0 Å². The summed E-state index contributed by atoms with van der Waals surface area (Å²) in [6.45, 7) is 10.7. The Balaban J connectivity index is 1.64. The van der Waals surface area contributed by atoms with Gasteiger partial charge in [-0.25, -0.2) is 9.59 Å². The summed E-state index contributed by atoms with van der Waals surface area (Å²) >= 11 is 0. The molecule has 0 aliphatic heterocycles. The van der Waals surface area contributed by atoms with Crippen LogP contribution in [0.15, 0.2) is 145 Å². The van der Waals surface area contributed by atoms with Gasteiger partial charge in [0.15, 0.2) is 0 Å². The molecule has 2 atom stereocenters. The predicted octanol–water partition coefficient (Wildman–Crippen LogP) is 7.93. The molecule has 5 nitrogen and oxygen atoms in total. The maximum atomic E-state index is 13.3. The van der Waals surface area contributed by atoms with Gasteiger partial charge < -0.3 is 13.9 Å². The Hall–Kier alpha value is -4.52. The van der Waals surface area contributed by atoms with Crippen LogP contribution >= 0.6 is 0 Å². The average Bonchev–Trinajstić information content (AvgIpc) is 3.08. The molecule has 238 valence electrons. The van der Waals surface area contributed by atoms with Crippen molar-refractivity contribution < 1.29 is 23.5 Å². The van der Waals surface area contributed by atoms with Crippen LogP contribution in [0.5, 0.6) is 0 Å². The normalized spacial score (nSPS) is 13.6.